The van der Waals surface area contributed by atoms with E-state index in [1.54, 1.807) is 23.1 Å². The zero-order valence-corrected chi connectivity index (χ0v) is 12.5. The van der Waals surface area contributed by atoms with Crippen molar-refractivity contribution in [3.05, 3.63) is 41.5 Å². The van der Waals surface area contributed by atoms with Crippen molar-refractivity contribution < 1.29 is 5.11 Å². The lowest BCUT2D eigenvalue weighted by molar-refractivity contribution is 0.176. The first-order valence-electron chi connectivity index (χ1n) is 6.69. The Labute approximate surface area is 119 Å². The highest BCUT2D eigenvalue weighted by atomic mass is 16.3. The molecule has 0 spiro atoms. The van der Waals surface area contributed by atoms with E-state index in [1.807, 2.05) is 13.2 Å². The first kappa shape index (κ1) is 14.5. The number of anilines is 1. The summed E-state index contributed by atoms with van der Waals surface area (Å²) in [7, 11) is 1.86. The highest BCUT2D eigenvalue weighted by molar-refractivity contribution is 5.45. The number of hydrogen-bond acceptors (Lipinski definition) is 4. The Kier molecular flexibility index (Phi) is 3.81. The van der Waals surface area contributed by atoms with Crippen molar-refractivity contribution in [2.75, 3.05) is 5.73 Å². The van der Waals surface area contributed by atoms with E-state index in [1.165, 1.54) is 0 Å². The van der Waals surface area contributed by atoms with Crippen LogP contribution < -0.4 is 5.73 Å². The maximum absolute atomic E-state index is 10.5. The summed E-state index contributed by atoms with van der Waals surface area (Å²) in [5.74, 6) is 0. The fraction of sp³-hybridized carbons (Fsp3) is 0.467. The summed E-state index contributed by atoms with van der Waals surface area (Å²) in [6.07, 6.45) is 5.03. The topological polar surface area (TPSA) is 77.0 Å². The average Bonchev–Trinajstić information content (AvgIpc) is 2.74. The van der Waals surface area contributed by atoms with E-state index in [0.717, 1.165) is 16.8 Å². The molecule has 0 saturated heterocycles. The summed E-state index contributed by atoms with van der Waals surface area (Å²) in [6.45, 7) is 6.26. The van der Waals surface area contributed by atoms with Crippen LogP contribution in [0.4, 0.5) is 5.69 Å². The van der Waals surface area contributed by atoms with Gasteiger partial charge in [0, 0.05) is 48.7 Å². The predicted molar refractivity (Wildman–Crippen MR) is 79.2 cm³/mol. The van der Waals surface area contributed by atoms with Crippen LogP contribution in [-0.2, 0) is 18.9 Å². The molecule has 2 aromatic heterocycles. The van der Waals surface area contributed by atoms with Gasteiger partial charge in [-0.2, -0.15) is 5.10 Å². The molecule has 108 valence electrons. The molecule has 20 heavy (non-hydrogen) atoms. The Morgan fingerprint density at radius 3 is 2.70 bits per heavy atom. The highest BCUT2D eigenvalue weighted by Gasteiger charge is 2.26. The number of hydrogen-bond donors (Lipinski definition) is 2. The van der Waals surface area contributed by atoms with Crippen LogP contribution in [0.3, 0.4) is 0 Å². The van der Waals surface area contributed by atoms with Gasteiger partial charge in [-0.3, -0.25) is 9.67 Å². The zero-order chi connectivity index (χ0) is 14.9. The van der Waals surface area contributed by atoms with Crippen LogP contribution in [0.15, 0.2) is 24.7 Å². The fourth-order valence-corrected chi connectivity index (χ4v) is 2.26. The molecular formula is C15H22N4O. The highest BCUT2D eigenvalue weighted by Crippen LogP contribution is 2.30. The van der Waals surface area contributed by atoms with Gasteiger partial charge in [0.2, 0.25) is 0 Å². The number of aliphatic hydroxyl groups is 1. The van der Waals surface area contributed by atoms with Crippen molar-refractivity contribution >= 4 is 5.69 Å². The van der Waals surface area contributed by atoms with Gasteiger partial charge in [0.15, 0.2) is 0 Å². The number of aromatic nitrogens is 3. The third-order valence-corrected chi connectivity index (χ3v) is 3.28. The van der Waals surface area contributed by atoms with E-state index in [0.29, 0.717) is 12.1 Å². The van der Waals surface area contributed by atoms with E-state index in [-0.39, 0.29) is 5.41 Å². The second kappa shape index (κ2) is 5.25. The maximum Gasteiger partial charge on any atom is 0.0865 e. The number of aryl methyl sites for hydroxylation is 1. The molecule has 5 heteroatoms. The molecule has 0 aliphatic heterocycles. The summed E-state index contributed by atoms with van der Waals surface area (Å²) in [5.41, 5.74) is 9.06. The summed E-state index contributed by atoms with van der Waals surface area (Å²) < 4.78 is 1.74. The summed E-state index contributed by atoms with van der Waals surface area (Å²) in [5, 5.41) is 15.0. The van der Waals surface area contributed by atoms with Gasteiger partial charge in [-0.05, 0) is 11.6 Å². The first-order valence-corrected chi connectivity index (χ1v) is 6.69. The molecule has 3 N–H and O–H groups in total. The van der Waals surface area contributed by atoms with Crippen LogP contribution in [0.25, 0.3) is 0 Å². The van der Waals surface area contributed by atoms with Crippen molar-refractivity contribution in [3.8, 4) is 0 Å². The van der Waals surface area contributed by atoms with Crippen LogP contribution >= 0.6 is 0 Å². The van der Waals surface area contributed by atoms with Crippen molar-refractivity contribution in [1.82, 2.24) is 14.8 Å². The fourth-order valence-electron chi connectivity index (χ4n) is 2.26. The van der Waals surface area contributed by atoms with Gasteiger partial charge in [0.1, 0.15) is 0 Å². The SMILES string of the molecule is Cn1cc(C(O)Cc2cnccc2N)c(C(C)(C)C)n1. The molecule has 0 aromatic carbocycles. The number of nitrogens with zero attached hydrogens (tertiary/aromatic N) is 3. The largest absolute Gasteiger partial charge is 0.398 e. The van der Waals surface area contributed by atoms with Gasteiger partial charge >= 0.3 is 0 Å². The Bertz CT molecular complexity index is 598. The average molecular weight is 274 g/mol. The Morgan fingerprint density at radius 1 is 1.40 bits per heavy atom. The van der Waals surface area contributed by atoms with Gasteiger partial charge in [0.05, 0.1) is 11.8 Å². The van der Waals surface area contributed by atoms with Crippen LogP contribution in [0.5, 0.6) is 0 Å². The lowest BCUT2D eigenvalue weighted by Crippen LogP contribution is -2.17. The van der Waals surface area contributed by atoms with E-state index in [9.17, 15) is 5.11 Å². The molecule has 0 saturated carbocycles. The Hall–Kier alpha value is -1.88. The molecule has 2 heterocycles. The van der Waals surface area contributed by atoms with Gasteiger partial charge < -0.3 is 10.8 Å². The molecule has 0 bridgehead atoms. The smallest absolute Gasteiger partial charge is 0.0865 e. The van der Waals surface area contributed by atoms with Crippen LogP contribution in [0.2, 0.25) is 0 Å². The molecule has 1 atom stereocenters. The number of rotatable bonds is 3. The van der Waals surface area contributed by atoms with Gasteiger partial charge in [-0.15, -0.1) is 0 Å². The minimum absolute atomic E-state index is 0.113. The number of aliphatic hydroxyl groups excluding tert-OH is 1. The van der Waals surface area contributed by atoms with E-state index >= 15 is 0 Å². The first-order chi connectivity index (χ1) is 9.29. The molecule has 0 amide bonds. The van der Waals surface area contributed by atoms with Crippen LogP contribution in [0, 0.1) is 0 Å². The monoisotopic (exact) mass is 274 g/mol. The molecule has 1 unspecified atom stereocenters. The minimum Gasteiger partial charge on any atom is -0.398 e. The second-order valence-corrected chi connectivity index (χ2v) is 6.15. The lowest BCUT2D eigenvalue weighted by atomic mass is 9.87. The standard InChI is InChI=1S/C15H22N4O/c1-15(2,3)14-11(9-19(4)18-14)13(20)7-10-8-17-6-5-12(10)16/h5-6,8-9,13,20H,7H2,1-4H3,(H2,16,17). The summed E-state index contributed by atoms with van der Waals surface area (Å²) in [4.78, 5) is 4.06. The molecule has 0 aliphatic carbocycles. The molecule has 2 aromatic rings. The minimum atomic E-state index is -0.635. The van der Waals surface area contributed by atoms with Gasteiger partial charge in [0.25, 0.3) is 0 Å². The molecule has 0 fully saturated rings. The Balaban J connectivity index is 2.30. The molecule has 2 rings (SSSR count). The van der Waals surface area contributed by atoms with Gasteiger partial charge in [-0.25, -0.2) is 0 Å². The third-order valence-electron chi connectivity index (χ3n) is 3.28. The number of pyridine rings is 1. The van der Waals surface area contributed by atoms with Crippen molar-refractivity contribution in [1.29, 1.82) is 0 Å². The van der Waals surface area contributed by atoms with Crippen LogP contribution in [0.1, 0.15) is 43.7 Å². The normalized spacial score (nSPS) is 13.4. The van der Waals surface area contributed by atoms with E-state index < -0.39 is 6.10 Å². The summed E-state index contributed by atoms with van der Waals surface area (Å²) in [6, 6.07) is 1.75. The van der Waals surface area contributed by atoms with Crippen LogP contribution in [-0.4, -0.2) is 19.9 Å². The molecule has 0 aliphatic rings. The lowest BCUT2D eigenvalue weighted by Gasteiger charge is -2.20. The second-order valence-electron chi connectivity index (χ2n) is 6.15. The zero-order valence-electron chi connectivity index (χ0n) is 12.5. The molecule has 5 nitrogen and oxygen atoms in total. The van der Waals surface area contributed by atoms with Crippen molar-refractivity contribution in [2.45, 2.75) is 38.7 Å². The maximum atomic E-state index is 10.5. The van der Waals surface area contributed by atoms with Crippen molar-refractivity contribution in [3.63, 3.8) is 0 Å². The quantitative estimate of drug-likeness (QED) is 0.897. The van der Waals surface area contributed by atoms with Gasteiger partial charge in [-0.1, -0.05) is 20.8 Å². The third kappa shape index (κ3) is 2.99. The Morgan fingerprint density at radius 2 is 2.10 bits per heavy atom. The number of nitrogen functional groups attached to an aromatic ring is 1. The molecule has 0 radical (unpaired) electrons. The van der Waals surface area contributed by atoms with E-state index in [4.69, 9.17) is 5.73 Å². The van der Waals surface area contributed by atoms with Crippen molar-refractivity contribution in [2.24, 2.45) is 7.05 Å². The predicted octanol–water partition coefficient (Wildman–Crippen LogP) is 1.97. The van der Waals surface area contributed by atoms with E-state index in [2.05, 4.69) is 30.9 Å². The molecular weight excluding hydrogens is 252 g/mol. The number of nitrogens with two attached hydrogens (primary N) is 1. The summed E-state index contributed by atoms with van der Waals surface area (Å²) >= 11 is 0.